The number of hydrogen-bond donors (Lipinski definition) is 0. The van der Waals surface area contributed by atoms with E-state index in [1.54, 1.807) is 7.11 Å². The molecule has 6 rings (SSSR count). The van der Waals surface area contributed by atoms with Crippen molar-refractivity contribution in [1.82, 2.24) is 14.9 Å². The van der Waals surface area contributed by atoms with Crippen molar-refractivity contribution in [1.29, 1.82) is 0 Å². The summed E-state index contributed by atoms with van der Waals surface area (Å²) >= 11 is 0. The smallest absolute Gasteiger partial charge is 0.303 e. The van der Waals surface area contributed by atoms with Crippen molar-refractivity contribution in [2.24, 2.45) is 5.41 Å². The zero-order valence-electron chi connectivity index (χ0n) is 21.7. The van der Waals surface area contributed by atoms with Gasteiger partial charge >= 0.3 is 5.91 Å². The third kappa shape index (κ3) is 3.99. The normalized spacial score (nSPS) is 26.3. The molecule has 4 aliphatic heterocycles. The van der Waals surface area contributed by atoms with Gasteiger partial charge in [-0.15, -0.1) is 0 Å². The third-order valence-electron chi connectivity index (χ3n) is 9.05. The van der Waals surface area contributed by atoms with E-state index in [2.05, 4.69) is 44.5 Å². The van der Waals surface area contributed by atoms with E-state index in [1.807, 2.05) is 18.1 Å². The van der Waals surface area contributed by atoms with Crippen LogP contribution in [0.5, 0.6) is 0 Å². The molecule has 1 spiro atoms. The third-order valence-corrected chi connectivity index (χ3v) is 9.05. The Morgan fingerprint density at radius 1 is 1.14 bits per heavy atom. The van der Waals surface area contributed by atoms with Crippen molar-refractivity contribution in [2.45, 2.75) is 38.3 Å². The molecule has 1 unspecified atom stereocenters. The molecular weight excluding hydrogens is 454 g/mol. The molecule has 0 radical (unpaired) electrons. The molecule has 1 aliphatic carbocycles. The lowest BCUT2D eigenvalue weighted by molar-refractivity contribution is -0.157. The quantitative estimate of drug-likeness (QED) is 0.604. The van der Waals surface area contributed by atoms with Crippen LogP contribution in [0.3, 0.4) is 0 Å². The average molecular weight is 494 g/mol. The fraction of sp³-hybridized carbons (Fsp3) is 0.607. The van der Waals surface area contributed by atoms with Gasteiger partial charge in [0.1, 0.15) is 6.17 Å². The molecule has 0 N–H and O–H groups in total. The van der Waals surface area contributed by atoms with E-state index in [1.165, 1.54) is 42.6 Å². The number of methoxy groups -OCH3 is 1. The lowest BCUT2D eigenvalue weighted by Gasteiger charge is -2.45. The Labute approximate surface area is 214 Å². The highest BCUT2D eigenvalue weighted by atomic mass is 16.5. The number of benzene rings is 1. The summed E-state index contributed by atoms with van der Waals surface area (Å²) in [7, 11) is 3.62. The second kappa shape index (κ2) is 9.39. The van der Waals surface area contributed by atoms with Crippen molar-refractivity contribution in [3.05, 3.63) is 47.9 Å². The maximum atomic E-state index is 13.4. The fourth-order valence-electron chi connectivity index (χ4n) is 6.79. The Kier molecular flexibility index (Phi) is 6.22. The molecule has 1 aromatic rings. The molecular formula is C28H39N5O3. The lowest BCUT2D eigenvalue weighted by Crippen LogP contribution is -2.59. The summed E-state index contributed by atoms with van der Waals surface area (Å²) in [4.78, 5) is 20.6. The molecule has 1 aromatic carbocycles. The first-order valence-corrected chi connectivity index (χ1v) is 13.4. The number of fused-ring (bicyclic) bond motifs is 1. The van der Waals surface area contributed by atoms with Gasteiger partial charge in [-0.3, -0.25) is 14.7 Å². The molecule has 0 aromatic heterocycles. The molecule has 8 nitrogen and oxygen atoms in total. The SMILES string of the molecule is C=C(CN1C(=O)C(OC)=CC(N2CCC3(CCC3)C2)N1C)N1CCc2c(N3CCOCC3)cccc21. The van der Waals surface area contributed by atoms with Gasteiger partial charge in [0, 0.05) is 62.4 Å². The Balaban J connectivity index is 1.20. The zero-order chi connectivity index (χ0) is 24.9. The molecule has 1 atom stereocenters. The zero-order valence-corrected chi connectivity index (χ0v) is 21.7. The van der Waals surface area contributed by atoms with Crippen LogP contribution in [0.4, 0.5) is 11.4 Å². The van der Waals surface area contributed by atoms with Gasteiger partial charge in [-0.05, 0) is 49.3 Å². The number of nitrogens with zero attached hydrogens (tertiary/aromatic N) is 5. The largest absolute Gasteiger partial charge is 0.491 e. The van der Waals surface area contributed by atoms with Gasteiger partial charge in [0.25, 0.3) is 0 Å². The summed E-state index contributed by atoms with van der Waals surface area (Å²) < 4.78 is 11.1. The molecule has 2 saturated heterocycles. The predicted molar refractivity (Wildman–Crippen MR) is 140 cm³/mol. The van der Waals surface area contributed by atoms with E-state index in [-0.39, 0.29) is 12.1 Å². The van der Waals surface area contributed by atoms with Gasteiger partial charge in [0.15, 0.2) is 5.76 Å². The first-order valence-electron chi connectivity index (χ1n) is 13.4. The number of hydrazine groups is 1. The number of amides is 1. The van der Waals surface area contributed by atoms with Gasteiger partial charge in [0.2, 0.25) is 0 Å². The van der Waals surface area contributed by atoms with Crippen LogP contribution in [0, 0.1) is 5.41 Å². The van der Waals surface area contributed by atoms with Gasteiger partial charge in [-0.2, -0.15) is 5.01 Å². The van der Waals surface area contributed by atoms with Crippen LogP contribution in [0.15, 0.2) is 42.3 Å². The Morgan fingerprint density at radius 2 is 1.92 bits per heavy atom. The van der Waals surface area contributed by atoms with Gasteiger partial charge < -0.3 is 19.3 Å². The summed E-state index contributed by atoms with van der Waals surface area (Å²) in [5.41, 5.74) is 5.32. The van der Waals surface area contributed by atoms with Gasteiger partial charge in [0.05, 0.1) is 26.9 Å². The van der Waals surface area contributed by atoms with E-state index in [9.17, 15) is 4.79 Å². The summed E-state index contributed by atoms with van der Waals surface area (Å²) in [6, 6.07) is 6.55. The molecule has 0 bridgehead atoms. The van der Waals surface area contributed by atoms with Crippen LogP contribution < -0.4 is 9.80 Å². The minimum absolute atomic E-state index is 0.0178. The molecule has 3 fully saturated rings. The maximum absolute atomic E-state index is 13.4. The second-order valence-corrected chi connectivity index (χ2v) is 11.0. The van der Waals surface area contributed by atoms with Crippen molar-refractivity contribution >= 4 is 17.3 Å². The molecule has 36 heavy (non-hydrogen) atoms. The standard InChI is InChI=1S/C28H39N5O3/c1-21(32-12-8-22-23(6-4-7-24(22)32)30-14-16-36-17-15-30)19-33-27(34)25(35-3)18-26(29(33)2)31-13-11-28(20-31)9-5-10-28/h4,6-7,18,26H,1,5,8-17,19-20H2,2-3H3. The number of morpholine rings is 1. The number of likely N-dealkylation sites (tertiary alicyclic amines) is 1. The van der Waals surface area contributed by atoms with Crippen molar-refractivity contribution in [3.63, 3.8) is 0 Å². The van der Waals surface area contributed by atoms with E-state index >= 15 is 0 Å². The minimum Gasteiger partial charge on any atom is -0.491 e. The second-order valence-electron chi connectivity index (χ2n) is 11.0. The van der Waals surface area contributed by atoms with Gasteiger partial charge in [-0.25, -0.2) is 0 Å². The average Bonchev–Trinajstić information content (AvgIpc) is 3.52. The molecule has 1 amide bonds. The Morgan fingerprint density at radius 3 is 2.61 bits per heavy atom. The molecule has 4 heterocycles. The van der Waals surface area contributed by atoms with Crippen molar-refractivity contribution in [3.8, 4) is 0 Å². The summed E-state index contributed by atoms with van der Waals surface area (Å²) in [6.45, 7) is 11.3. The van der Waals surface area contributed by atoms with E-state index in [0.717, 1.165) is 58.1 Å². The topological polar surface area (TPSA) is 51.7 Å². The molecule has 8 heteroatoms. The fourth-order valence-corrected chi connectivity index (χ4v) is 6.79. The van der Waals surface area contributed by atoms with Crippen molar-refractivity contribution < 1.29 is 14.3 Å². The van der Waals surface area contributed by atoms with Crippen LogP contribution in [0.25, 0.3) is 0 Å². The number of ether oxygens (including phenoxy) is 2. The number of rotatable bonds is 6. The van der Waals surface area contributed by atoms with Crippen LogP contribution in [0.2, 0.25) is 0 Å². The molecule has 194 valence electrons. The van der Waals surface area contributed by atoms with Crippen LogP contribution >= 0.6 is 0 Å². The van der Waals surface area contributed by atoms with Crippen LogP contribution in [-0.2, 0) is 20.7 Å². The maximum Gasteiger partial charge on any atom is 0.303 e. The Bertz CT molecular complexity index is 1060. The highest BCUT2D eigenvalue weighted by Crippen LogP contribution is 2.49. The number of carbonyl (C=O) groups is 1. The highest BCUT2D eigenvalue weighted by molar-refractivity contribution is 5.92. The van der Waals surface area contributed by atoms with E-state index < -0.39 is 0 Å². The number of anilines is 2. The lowest BCUT2D eigenvalue weighted by atomic mass is 9.68. The predicted octanol–water partition coefficient (Wildman–Crippen LogP) is 2.82. The van der Waals surface area contributed by atoms with E-state index in [0.29, 0.717) is 17.7 Å². The van der Waals surface area contributed by atoms with Gasteiger partial charge in [-0.1, -0.05) is 19.1 Å². The monoisotopic (exact) mass is 493 g/mol. The summed E-state index contributed by atoms with van der Waals surface area (Å²) in [5.74, 6) is 0.327. The van der Waals surface area contributed by atoms with Crippen molar-refractivity contribution in [2.75, 3.05) is 76.4 Å². The first kappa shape index (κ1) is 23.8. The number of carbonyl (C=O) groups excluding carboxylic acids is 1. The van der Waals surface area contributed by atoms with E-state index in [4.69, 9.17) is 9.47 Å². The minimum atomic E-state index is -0.101. The first-order chi connectivity index (χ1) is 17.5. The molecule has 5 aliphatic rings. The number of hydrogen-bond acceptors (Lipinski definition) is 7. The highest BCUT2D eigenvalue weighted by Gasteiger charge is 2.47. The Hall–Kier alpha value is -2.55. The molecule has 1 saturated carbocycles. The van der Waals surface area contributed by atoms with Crippen LogP contribution in [0.1, 0.15) is 31.2 Å². The van der Waals surface area contributed by atoms with Crippen LogP contribution in [-0.4, -0.2) is 93.6 Å². The number of likely N-dealkylation sites (N-methyl/N-ethyl adjacent to an activating group) is 1. The summed E-state index contributed by atoms with van der Waals surface area (Å²) in [6.07, 6.45) is 8.27. The summed E-state index contributed by atoms with van der Waals surface area (Å²) in [5, 5.41) is 3.91.